The van der Waals surface area contributed by atoms with Crippen LogP contribution in [-0.2, 0) is 0 Å². The summed E-state index contributed by atoms with van der Waals surface area (Å²) in [5, 5.41) is 13.5. The third-order valence-corrected chi connectivity index (χ3v) is 3.81. The normalized spacial score (nSPS) is 10.2. The molecule has 108 valence electrons. The number of nitrogens with two attached hydrogens (primary N) is 1. The van der Waals surface area contributed by atoms with E-state index in [9.17, 15) is 14.9 Å². The second-order valence-electron chi connectivity index (χ2n) is 4.41. The van der Waals surface area contributed by atoms with E-state index in [-0.39, 0.29) is 16.9 Å². The van der Waals surface area contributed by atoms with E-state index < -0.39 is 10.8 Å². The van der Waals surface area contributed by atoms with Crippen molar-refractivity contribution in [3.05, 3.63) is 62.1 Å². The SMILES string of the molecule is Cc1ccc(NC(=O)c2cccc([N+](=O)[O-])c2N)cc1Br. The lowest BCUT2D eigenvalue weighted by molar-refractivity contribution is -0.383. The highest BCUT2D eigenvalue weighted by molar-refractivity contribution is 9.10. The fourth-order valence-corrected chi connectivity index (χ4v) is 2.16. The zero-order valence-corrected chi connectivity index (χ0v) is 12.7. The van der Waals surface area contributed by atoms with Gasteiger partial charge in [0.05, 0.1) is 10.5 Å². The van der Waals surface area contributed by atoms with E-state index in [0.29, 0.717) is 5.69 Å². The van der Waals surface area contributed by atoms with E-state index in [4.69, 9.17) is 5.73 Å². The van der Waals surface area contributed by atoms with Crippen molar-refractivity contribution in [2.75, 3.05) is 11.1 Å². The zero-order chi connectivity index (χ0) is 15.6. The molecule has 0 saturated heterocycles. The Morgan fingerprint density at radius 1 is 1.33 bits per heavy atom. The molecule has 0 aromatic heterocycles. The number of rotatable bonds is 3. The van der Waals surface area contributed by atoms with E-state index in [0.717, 1.165) is 10.0 Å². The average molecular weight is 350 g/mol. The minimum absolute atomic E-state index is 0.0703. The Kier molecular flexibility index (Phi) is 4.23. The Bertz CT molecular complexity index is 731. The summed E-state index contributed by atoms with van der Waals surface area (Å²) in [5.74, 6) is -0.494. The highest BCUT2D eigenvalue weighted by atomic mass is 79.9. The monoisotopic (exact) mass is 349 g/mol. The summed E-state index contributed by atoms with van der Waals surface area (Å²) in [6.07, 6.45) is 0. The summed E-state index contributed by atoms with van der Waals surface area (Å²) in [6, 6.07) is 9.47. The van der Waals surface area contributed by atoms with Crippen LogP contribution in [0.2, 0.25) is 0 Å². The smallest absolute Gasteiger partial charge is 0.292 e. The molecule has 6 nitrogen and oxygen atoms in total. The number of nitrogen functional groups attached to an aromatic ring is 1. The van der Waals surface area contributed by atoms with Crippen molar-refractivity contribution in [3.8, 4) is 0 Å². The Morgan fingerprint density at radius 2 is 2.05 bits per heavy atom. The van der Waals surface area contributed by atoms with Crippen molar-refractivity contribution >= 4 is 38.9 Å². The van der Waals surface area contributed by atoms with Crippen LogP contribution >= 0.6 is 15.9 Å². The molecule has 7 heteroatoms. The zero-order valence-electron chi connectivity index (χ0n) is 11.1. The molecular formula is C14H12BrN3O3. The van der Waals surface area contributed by atoms with Crippen LogP contribution in [-0.4, -0.2) is 10.8 Å². The van der Waals surface area contributed by atoms with Crippen LogP contribution in [0.1, 0.15) is 15.9 Å². The summed E-state index contributed by atoms with van der Waals surface area (Å²) in [4.78, 5) is 22.4. The minimum atomic E-state index is -0.616. The molecule has 0 aliphatic rings. The van der Waals surface area contributed by atoms with E-state index in [2.05, 4.69) is 21.2 Å². The molecule has 0 unspecified atom stereocenters. The molecule has 0 radical (unpaired) electrons. The first-order valence-electron chi connectivity index (χ1n) is 6.00. The van der Waals surface area contributed by atoms with Gasteiger partial charge in [-0.25, -0.2) is 0 Å². The van der Waals surface area contributed by atoms with E-state index in [1.165, 1.54) is 18.2 Å². The van der Waals surface area contributed by atoms with Crippen molar-refractivity contribution in [3.63, 3.8) is 0 Å². The molecule has 0 heterocycles. The van der Waals surface area contributed by atoms with Gasteiger partial charge in [0.1, 0.15) is 5.69 Å². The molecule has 0 bridgehead atoms. The van der Waals surface area contributed by atoms with Gasteiger partial charge in [-0.05, 0) is 30.7 Å². The molecule has 21 heavy (non-hydrogen) atoms. The quantitative estimate of drug-likeness (QED) is 0.503. The number of hydrogen-bond acceptors (Lipinski definition) is 4. The van der Waals surface area contributed by atoms with Crippen LogP contribution < -0.4 is 11.1 Å². The topological polar surface area (TPSA) is 98.3 Å². The molecule has 2 aromatic carbocycles. The largest absolute Gasteiger partial charge is 0.393 e. The fourth-order valence-electron chi connectivity index (χ4n) is 1.78. The number of amides is 1. The first-order valence-corrected chi connectivity index (χ1v) is 6.80. The first kappa shape index (κ1) is 15.0. The predicted molar refractivity (Wildman–Crippen MR) is 84.3 cm³/mol. The van der Waals surface area contributed by atoms with Gasteiger partial charge in [0.2, 0.25) is 0 Å². The van der Waals surface area contributed by atoms with Crippen molar-refractivity contribution in [1.82, 2.24) is 0 Å². The number of hydrogen-bond donors (Lipinski definition) is 2. The number of carbonyl (C=O) groups is 1. The van der Waals surface area contributed by atoms with Crippen LogP contribution in [0.15, 0.2) is 40.9 Å². The molecule has 2 aromatic rings. The molecule has 0 fully saturated rings. The van der Waals surface area contributed by atoms with Crippen LogP contribution in [0.4, 0.5) is 17.1 Å². The second kappa shape index (κ2) is 5.92. The summed E-state index contributed by atoms with van der Waals surface area (Å²) >= 11 is 3.37. The lowest BCUT2D eigenvalue weighted by atomic mass is 10.1. The maximum Gasteiger partial charge on any atom is 0.292 e. The van der Waals surface area contributed by atoms with Crippen LogP contribution in [0, 0.1) is 17.0 Å². The number of anilines is 2. The summed E-state index contributed by atoms with van der Waals surface area (Å²) in [6.45, 7) is 1.92. The molecule has 3 N–H and O–H groups in total. The molecule has 2 rings (SSSR count). The second-order valence-corrected chi connectivity index (χ2v) is 5.27. The maximum atomic E-state index is 12.2. The average Bonchev–Trinajstić information content (AvgIpc) is 2.42. The van der Waals surface area contributed by atoms with Crippen LogP contribution in [0.5, 0.6) is 0 Å². The fraction of sp³-hybridized carbons (Fsp3) is 0.0714. The van der Waals surface area contributed by atoms with Gasteiger partial charge in [0, 0.05) is 16.2 Å². The molecule has 0 spiro atoms. The van der Waals surface area contributed by atoms with Gasteiger partial charge in [0.15, 0.2) is 0 Å². The number of benzene rings is 2. The maximum absolute atomic E-state index is 12.2. The number of nitrogens with one attached hydrogen (secondary N) is 1. The Hall–Kier alpha value is -2.41. The molecule has 0 saturated carbocycles. The van der Waals surface area contributed by atoms with E-state index >= 15 is 0 Å². The van der Waals surface area contributed by atoms with Crippen LogP contribution in [0.25, 0.3) is 0 Å². The lowest BCUT2D eigenvalue weighted by Gasteiger charge is -2.09. The number of para-hydroxylation sites is 1. The molecular weight excluding hydrogens is 338 g/mol. The van der Waals surface area contributed by atoms with Gasteiger partial charge in [-0.1, -0.05) is 28.1 Å². The molecule has 1 amide bonds. The summed E-state index contributed by atoms with van der Waals surface area (Å²) in [5.41, 5.74) is 6.92. The van der Waals surface area contributed by atoms with Gasteiger partial charge >= 0.3 is 0 Å². The minimum Gasteiger partial charge on any atom is -0.393 e. The number of aryl methyl sites for hydroxylation is 1. The Morgan fingerprint density at radius 3 is 2.67 bits per heavy atom. The van der Waals surface area contributed by atoms with Gasteiger partial charge in [-0.15, -0.1) is 0 Å². The van der Waals surface area contributed by atoms with E-state index in [1.54, 1.807) is 12.1 Å². The van der Waals surface area contributed by atoms with Gasteiger partial charge in [0.25, 0.3) is 11.6 Å². The van der Waals surface area contributed by atoms with Crippen molar-refractivity contribution < 1.29 is 9.72 Å². The highest BCUT2D eigenvalue weighted by Gasteiger charge is 2.19. The van der Waals surface area contributed by atoms with Crippen molar-refractivity contribution in [2.45, 2.75) is 6.92 Å². The van der Waals surface area contributed by atoms with Gasteiger partial charge in [-0.3, -0.25) is 14.9 Å². The summed E-state index contributed by atoms with van der Waals surface area (Å²) < 4.78 is 0.854. The number of carbonyl (C=O) groups excluding carboxylic acids is 1. The summed E-state index contributed by atoms with van der Waals surface area (Å²) in [7, 11) is 0. The van der Waals surface area contributed by atoms with Gasteiger partial charge < -0.3 is 11.1 Å². The van der Waals surface area contributed by atoms with Crippen LogP contribution in [0.3, 0.4) is 0 Å². The Balaban J connectivity index is 2.30. The third-order valence-electron chi connectivity index (χ3n) is 2.95. The van der Waals surface area contributed by atoms with Gasteiger partial charge in [-0.2, -0.15) is 0 Å². The highest BCUT2D eigenvalue weighted by Crippen LogP contribution is 2.26. The van der Waals surface area contributed by atoms with Crippen molar-refractivity contribution in [2.24, 2.45) is 0 Å². The first-order chi connectivity index (χ1) is 9.90. The predicted octanol–water partition coefficient (Wildman–Crippen LogP) is 3.50. The van der Waals surface area contributed by atoms with E-state index in [1.807, 2.05) is 13.0 Å². The lowest BCUT2D eigenvalue weighted by Crippen LogP contribution is -2.14. The number of halogens is 1. The molecule has 0 aliphatic heterocycles. The van der Waals surface area contributed by atoms with Crippen molar-refractivity contribution in [1.29, 1.82) is 0 Å². The Labute approximate surface area is 129 Å². The third kappa shape index (κ3) is 3.19. The number of nitro benzene ring substituents is 1. The molecule has 0 atom stereocenters. The standard InChI is InChI=1S/C14H12BrN3O3/c1-8-5-6-9(7-11(8)15)17-14(19)10-3-2-4-12(13(10)16)18(20)21/h2-7H,16H2,1H3,(H,17,19). The molecule has 0 aliphatic carbocycles. The number of nitrogens with zero attached hydrogens (tertiary/aromatic N) is 1. The number of nitro groups is 1.